The number of carbonyl (C=O) groups excluding carboxylic acids is 1. The number of carbonyl (C=O) groups is 1. The zero-order valence-electron chi connectivity index (χ0n) is 9.83. The van der Waals surface area contributed by atoms with E-state index in [1.807, 2.05) is 0 Å². The second-order valence-corrected chi connectivity index (χ2v) is 5.46. The molecule has 18 heavy (non-hydrogen) atoms. The molecule has 0 radical (unpaired) electrons. The number of hydrogen-bond donors (Lipinski definition) is 2. The van der Waals surface area contributed by atoms with Gasteiger partial charge < -0.3 is 10.4 Å². The van der Waals surface area contributed by atoms with Crippen LogP contribution in [-0.2, 0) is 0 Å². The first-order valence-corrected chi connectivity index (χ1v) is 6.79. The Labute approximate surface area is 114 Å². The first-order chi connectivity index (χ1) is 8.56. The summed E-state index contributed by atoms with van der Waals surface area (Å²) < 4.78 is 13.7. The summed E-state index contributed by atoms with van der Waals surface area (Å²) in [6, 6.07) is 4.40. The molecule has 1 saturated carbocycles. The predicted molar refractivity (Wildman–Crippen MR) is 69.8 cm³/mol. The highest BCUT2D eigenvalue weighted by atomic mass is 79.9. The molecule has 1 aromatic carbocycles. The summed E-state index contributed by atoms with van der Waals surface area (Å²) in [4.78, 5) is 11.9. The lowest BCUT2D eigenvalue weighted by atomic mass is 9.93. The first kappa shape index (κ1) is 13.5. The van der Waals surface area contributed by atoms with Crippen molar-refractivity contribution in [3.05, 3.63) is 34.1 Å². The van der Waals surface area contributed by atoms with E-state index >= 15 is 0 Å². The lowest BCUT2D eigenvalue weighted by molar-refractivity contribution is 0.0867. The summed E-state index contributed by atoms with van der Waals surface area (Å²) >= 11 is 3.05. The molecule has 0 saturated heterocycles. The van der Waals surface area contributed by atoms with E-state index < -0.39 is 5.82 Å². The molecule has 0 atom stereocenters. The minimum Gasteiger partial charge on any atom is -0.393 e. The molecule has 0 spiro atoms. The Morgan fingerprint density at radius 1 is 1.33 bits per heavy atom. The molecule has 5 heteroatoms. The van der Waals surface area contributed by atoms with Crippen LogP contribution in [0.25, 0.3) is 0 Å². The molecule has 98 valence electrons. The normalized spacial score (nSPS) is 23.7. The Morgan fingerprint density at radius 3 is 2.61 bits per heavy atom. The maximum atomic E-state index is 13.3. The Kier molecular flexibility index (Phi) is 4.35. The molecule has 1 fully saturated rings. The third-order valence-corrected chi connectivity index (χ3v) is 3.86. The third kappa shape index (κ3) is 3.29. The van der Waals surface area contributed by atoms with Gasteiger partial charge in [0.1, 0.15) is 5.82 Å². The van der Waals surface area contributed by atoms with E-state index in [2.05, 4.69) is 21.2 Å². The Balaban J connectivity index is 1.97. The van der Waals surface area contributed by atoms with Crippen LogP contribution in [0.1, 0.15) is 36.0 Å². The smallest absolute Gasteiger partial charge is 0.251 e. The molecule has 2 N–H and O–H groups in total. The van der Waals surface area contributed by atoms with Gasteiger partial charge >= 0.3 is 0 Å². The van der Waals surface area contributed by atoms with Crippen molar-refractivity contribution in [3.63, 3.8) is 0 Å². The van der Waals surface area contributed by atoms with E-state index in [0.717, 1.165) is 12.8 Å². The van der Waals surface area contributed by atoms with Gasteiger partial charge in [0.25, 0.3) is 5.91 Å². The van der Waals surface area contributed by atoms with Crippen molar-refractivity contribution in [2.45, 2.75) is 37.8 Å². The zero-order chi connectivity index (χ0) is 13.1. The fourth-order valence-electron chi connectivity index (χ4n) is 2.13. The summed E-state index contributed by atoms with van der Waals surface area (Å²) in [5.74, 6) is -0.704. The standard InChI is InChI=1S/C13H15BrFNO2/c14-11-6-1-8(7-12(11)15)13(18)16-9-2-4-10(17)5-3-9/h1,6-7,9-10,17H,2-5H2,(H,16,18). The number of rotatable bonds is 2. The molecule has 0 bridgehead atoms. The van der Waals surface area contributed by atoms with Crippen LogP contribution in [0.15, 0.2) is 22.7 Å². The zero-order valence-corrected chi connectivity index (χ0v) is 11.4. The largest absolute Gasteiger partial charge is 0.393 e. The van der Waals surface area contributed by atoms with Crippen LogP contribution in [0.3, 0.4) is 0 Å². The van der Waals surface area contributed by atoms with E-state index in [4.69, 9.17) is 0 Å². The molecule has 3 nitrogen and oxygen atoms in total. The number of aliphatic hydroxyl groups excluding tert-OH is 1. The van der Waals surface area contributed by atoms with Gasteiger partial charge in [0.05, 0.1) is 10.6 Å². The molecule has 0 unspecified atom stereocenters. The van der Waals surface area contributed by atoms with E-state index in [9.17, 15) is 14.3 Å². The predicted octanol–water partition coefficient (Wildman–Crippen LogP) is 2.62. The van der Waals surface area contributed by atoms with Crippen LogP contribution in [0, 0.1) is 5.82 Å². The summed E-state index contributed by atoms with van der Waals surface area (Å²) in [5, 5.41) is 12.2. The molecule has 2 rings (SSSR count). The minimum absolute atomic E-state index is 0.0765. The number of aliphatic hydroxyl groups is 1. The Hall–Kier alpha value is -0.940. The highest BCUT2D eigenvalue weighted by Crippen LogP contribution is 2.20. The van der Waals surface area contributed by atoms with Crippen molar-refractivity contribution < 1.29 is 14.3 Å². The van der Waals surface area contributed by atoms with Crippen LogP contribution in [0.5, 0.6) is 0 Å². The molecular weight excluding hydrogens is 301 g/mol. The Bertz CT molecular complexity index is 445. The summed E-state index contributed by atoms with van der Waals surface area (Å²) in [6.45, 7) is 0. The summed E-state index contributed by atoms with van der Waals surface area (Å²) in [5.41, 5.74) is 0.321. The van der Waals surface area contributed by atoms with Gasteiger partial charge in [-0.05, 0) is 59.8 Å². The fraction of sp³-hybridized carbons (Fsp3) is 0.462. The van der Waals surface area contributed by atoms with Gasteiger partial charge in [-0.3, -0.25) is 4.79 Å². The van der Waals surface area contributed by atoms with Crippen molar-refractivity contribution in [1.29, 1.82) is 0 Å². The summed E-state index contributed by atoms with van der Waals surface area (Å²) in [6.07, 6.45) is 2.71. The highest BCUT2D eigenvalue weighted by molar-refractivity contribution is 9.10. The lowest BCUT2D eigenvalue weighted by Crippen LogP contribution is -2.38. The summed E-state index contributed by atoms with van der Waals surface area (Å²) in [7, 11) is 0. The minimum atomic E-state index is -0.443. The topological polar surface area (TPSA) is 49.3 Å². The van der Waals surface area contributed by atoms with E-state index in [-0.39, 0.29) is 18.1 Å². The molecule has 1 aromatic rings. The number of benzene rings is 1. The second-order valence-electron chi connectivity index (χ2n) is 4.61. The first-order valence-electron chi connectivity index (χ1n) is 6.00. The third-order valence-electron chi connectivity index (χ3n) is 3.21. The quantitative estimate of drug-likeness (QED) is 0.881. The van der Waals surface area contributed by atoms with Crippen molar-refractivity contribution in [2.24, 2.45) is 0 Å². The molecule has 1 aliphatic rings. The van der Waals surface area contributed by atoms with Gasteiger partial charge in [-0.25, -0.2) is 4.39 Å². The van der Waals surface area contributed by atoms with Crippen LogP contribution >= 0.6 is 15.9 Å². The Morgan fingerprint density at radius 2 is 2.00 bits per heavy atom. The average molecular weight is 316 g/mol. The highest BCUT2D eigenvalue weighted by Gasteiger charge is 2.21. The average Bonchev–Trinajstić information content (AvgIpc) is 2.35. The van der Waals surface area contributed by atoms with Gasteiger partial charge in [-0.1, -0.05) is 0 Å². The molecule has 1 aliphatic carbocycles. The van der Waals surface area contributed by atoms with Crippen LogP contribution in [0.2, 0.25) is 0 Å². The van der Waals surface area contributed by atoms with E-state index in [0.29, 0.717) is 22.9 Å². The maximum Gasteiger partial charge on any atom is 0.251 e. The van der Waals surface area contributed by atoms with Crippen molar-refractivity contribution in [3.8, 4) is 0 Å². The van der Waals surface area contributed by atoms with Gasteiger partial charge in [-0.15, -0.1) is 0 Å². The van der Waals surface area contributed by atoms with Crippen LogP contribution in [-0.4, -0.2) is 23.2 Å². The second kappa shape index (κ2) is 5.80. The monoisotopic (exact) mass is 315 g/mol. The van der Waals surface area contributed by atoms with Gasteiger partial charge in [0.15, 0.2) is 0 Å². The van der Waals surface area contributed by atoms with Gasteiger partial charge in [0.2, 0.25) is 0 Å². The number of hydrogen-bond acceptors (Lipinski definition) is 2. The SMILES string of the molecule is O=C(NC1CCC(O)CC1)c1ccc(Br)c(F)c1. The molecule has 0 aromatic heterocycles. The van der Waals surface area contributed by atoms with Crippen molar-refractivity contribution in [1.82, 2.24) is 5.32 Å². The lowest BCUT2D eigenvalue weighted by Gasteiger charge is -2.26. The molecule has 0 aliphatic heterocycles. The van der Waals surface area contributed by atoms with Gasteiger partial charge in [-0.2, -0.15) is 0 Å². The molecule has 1 amide bonds. The maximum absolute atomic E-state index is 13.3. The van der Waals surface area contributed by atoms with E-state index in [1.165, 1.54) is 12.1 Å². The molecule has 0 heterocycles. The number of amides is 1. The van der Waals surface area contributed by atoms with Gasteiger partial charge in [0, 0.05) is 11.6 Å². The van der Waals surface area contributed by atoms with Crippen LogP contribution in [0.4, 0.5) is 4.39 Å². The van der Waals surface area contributed by atoms with Crippen molar-refractivity contribution in [2.75, 3.05) is 0 Å². The number of nitrogens with one attached hydrogen (secondary N) is 1. The molecular formula is C13H15BrFNO2. The number of halogens is 2. The fourth-order valence-corrected chi connectivity index (χ4v) is 2.37. The van der Waals surface area contributed by atoms with Crippen LogP contribution < -0.4 is 5.32 Å². The van der Waals surface area contributed by atoms with E-state index in [1.54, 1.807) is 6.07 Å². The van der Waals surface area contributed by atoms with Crippen molar-refractivity contribution >= 4 is 21.8 Å².